The summed E-state index contributed by atoms with van der Waals surface area (Å²) >= 11 is 0. The molecular weight excluding hydrogens is 214 g/mol. The second-order valence-electron chi connectivity index (χ2n) is 4.39. The van der Waals surface area contributed by atoms with Crippen LogP contribution in [0.3, 0.4) is 0 Å². The zero-order valence-corrected chi connectivity index (χ0v) is 10.8. The van der Waals surface area contributed by atoms with Crippen molar-refractivity contribution in [2.24, 2.45) is 0 Å². The summed E-state index contributed by atoms with van der Waals surface area (Å²) in [7, 11) is 0. The first-order valence-electron chi connectivity index (χ1n) is 6.08. The lowest BCUT2D eigenvalue weighted by Crippen LogP contribution is -2.37. The molecule has 0 aliphatic heterocycles. The Morgan fingerprint density at radius 1 is 1.29 bits per heavy atom. The molecule has 0 amide bonds. The van der Waals surface area contributed by atoms with Crippen LogP contribution in [0, 0.1) is 0 Å². The molecule has 0 radical (unpaired) electrons. The number of ether oxygens (including phenoxy) is 1. The molecule has 0 saturated carbocycles. The van der Waals surface area contributed by atoms with E-state index in [9.17, 15) is 4.79 Å². The van der Waals surface area contributed by atoms with Crippen molar-refractivity contribution < 1.29 is 9.53 Å². The van der Waals surface area contributed by atoms with Gasteiger partial charge in [-0.05, 0) is 32.4 Å². The normalized spacial score (nSPS) is 13.8. The molecule has 0 fully saturated rings. The summed E-state index contributed by atoms with van der Waals surface area (Å²) in [5, 5.41) is 3.39. The molecule has 3 nitrogen and oxygen atoms in total. The van der Waals surface area contributed by atoms with Gasteiger partial charge in [-0.25, -0.2) is 0 Å². The molecule has 0 aliphatic rings. The summed E-state index contributed by atoms with van der Waals surface area (Å²) in [6.45, 7) is 6.36. The molecule has 1 rings (SSSR count). The smallest absolute Gasteiger partial charge is 0.308 e. The lowest BCUT2D eigenvalue weighted by molar-refractivity contribution is -0.144. The van der Waals surface area contributed by atoms with Crippen molar-refractivity contribution in [3.8, 4) is 0 Å². The first-order valence-corrected chi connectivity index (χ1v) is 6.08. The number of benzene rings is 1. The van der Waals surface area contributed by atoms with Crippen LogP contribution in [0.15, 0.2) is 30.3 Å². The summed E-state index contributed by atoms with van der Waals surface area (Å²) in [5.74, 6) is -0.153. The Kier molecular flexibility index (Phi) is 5.01. The van der Waals surface area contributed by atoms with Crippen molar-refractivity contribution in [2.75, 3.05) is 11.9 Å². The molecule has 0 saturated heterocycles. The van der Waals surface area contributed by atoms with Crippen molar-refractivity contribution in [1.82, 2.24) is 0 Å². The SMILES string of the molecule is CCOC(=O)C[C@@](C)(CC)Nc1ccccc1. The molecule has 0 bridgehead atoms. The standard InChI is InChI=1S/C14H21NO2/c1-4-14(3,11-13(16)17-5-2)15-12-9-7-6-8-10-12/h6-10,15H,4-5,11H2,1-3H3/t14-/m1/s1. The van der Waals surface area contributed by atoms with Crippen LogP contribution < -0.4 is 5.32 Å². The van der Waals surface area contributed by atoms with Gasteiger partial charge >= 0.3 is 5.97 Å². The highest BCUT2D eigenvalue weighted by Crippen LogP contribution is 2.22. The number of esters is 1. The summed E-state index contributed by atoms with van der Waals surface area (Å²) < 4.78 is 5.00. The zero-order valence-electron chi connectivity index (χ0n) is 10.8. The summed E-state index contributed by atoms with van der Waals surface area (Å²) in [5.41, 5.74) is 0.772. The molecule has 1 aromatic carbocycles. The summed E-state index contributed by atoms with van der Waals surface area (Å²) in [6, 6.07) is 9.92. The van der Waals surface area contributed by atoms with Gasteiger partial charge in [-0.3, -0.25) is 4.79 Å². The highest BCUT2D eigenvalue weighted by molar-refractivity contribution is 5.71. The third kappa shape index (κ3) is 4.47. The maximum absolute atomic E-state index is 11.5. The maximum atomic E-state index is 11.5. The van der Waals surface area contributed by atoms with E-state index in [0.29, 0.717) is 13.0 Å². The van der Waals surface area contributed by atoms with Crippen molar-refractivity contribution >= 4 is 11.7 Å². The van der Waals surface area contributed by atoms with Crippen molar-refractivity contribution in [3.63, 3.8) is 0 Å². The number of carbonyl (C=O) groups is 1. The fraction of sp³-hybridized carbons (Fsp3) is 0.500. The minimum atomic E-state index is -0.256. The van der Waals surface area contributed by atoms with Crippen LogP contribution in [0.25, 0.3) is 0 Å². The highest BCUT2D eigenvalue weighted by atomic mass is 16.5. The molecule has 94 valence electrons. The van der Waals surface area contributed by atoms with E-state index in [1.54, 1.807) is 0 Å². The zero-order chi connectivity index (χ0) is 12.7. The van der Waals surface area contributed by atoms with E-state index in [4.69, 9.17) is 4.74 Å². The minimum absolute atomic E-state index is 0.153. The van der Waals surface area contributed by atoms with Crippen LogP contribution in [-0.2, 0) is 9.53 Å². The first-order chi connectivity index (χ1) is 8.09. The average molecular weight is 235 g/mol. The summed E-state index contributed by atoms with van der Waals surface area (Å²) in [4.78, 5) is 11.5. The number of carbonyl (C=O) groups excluding carboxylic acids is 1. The molecule has 0 unspecified atom stereocenters. The Bertz CT molecular complexity index is 350. The van der Waals surface area contributed by atoms with Crippen molar-refractivity contribution in [3.05, 3.63) is 30.3 Å². The van der Waals surface area contributed by atoms with Gasteiger partial charge in [0.1, 0.15) is 0 Å². The quantitative estimate of drug-likeness (QED) is 0.769. The van der Waals surface area contributed by atoms with E-state index in [1.807, 2.05) is 44.2 Å². The van der Waals surface area contributed by atoms with E-state index >= 15 is 0 Å². The largest absolute Gasteiger partial charge is 0.466 e. The number of anilines is 1. The van der Waals surface area contributed by atoms with Crippen LogP contribution >= 0.6 is 0 Å². The van der Waals surface area contributed by atoms with Crippen molar-refractivity contribution in [1.29, 1.82) is 0 Å². The third-order valence-corrected chi connectivity index (χ3v) is 2.84. The van der Waals surface area contributed by atoms with Crippen molar-refractivity contribution in [2.45, 2.75) is 39.2 Å². The fourth-order valence-electron chi connectivity index (χ4n) is 1.66. The van der Waals surface area contributed by atoms with Gasteiger partial charge in [-0.15, -0.1) is 0 Å². The van der Waals surface area contributed by atoms with E-state index in [-0.39, 0.29) is 11.5 Å². The molecule has 17 heavy (non-hydrogen) atoms. The Hall–Kier alpha value is -1.51. The minimum Gasteiger partial charge on any atom is -0.466 e. The van der Waals surface area contributed by atoms with Gasteiger partial charge in [0.2, 0.25) is 0 Å². The molecule has 0 spiro atoms. The molecule has 1 N–H and O–H groups in total. The van der Waals surface area contributed by atoms with Gasteiger partial charge in [-0.2, -0.15) is 0 Å². The first kappa shape index (κ1) is 13.6. The molecule has 0 aromatic heterocycles. The van der Waals surface area contributed by atoms with E-state index in [2.05, 4.69) is 12.2 Å². The molecule has 3 heteroatoms. The van der Waals surface area contributed by atoms with Gasteiger partial charge in [0.05, 0.1) is 13.0 Å². The predicted octanol–water partition coefficient (Wildman–Crippen LogP) is 3.22. The summed E-state index contributed by atoms with van der Waals surface area (Å²) in [6.07, 6.45) is 1.24. The van der Waals surface area contributed by atoms with Gasteiger partial charge < -0.3 is 10.1 Å². The predicted molar refractivity (Wildman–Crippen MR) is 70.0 cm³/mol. The number of para-hydroxylation sites is 1. The van der Waals surface area contributed by atoms with Crippen LogP contribution in [0.2, 0.25) is 0 Å². The molecule has 0 aliphatic carbocycles. The van der Waals surface area contributed by atoms with E-state index < -0.39 is 0 Å². The number of nitrogens with one attached hydrogen (secondary N) is 1. The Balaban J connectivity index is 2.65. The molecule has 1 atom stereocenters. The lowest BCUT2D eigenvalue weighted by Gasteiger charge is -2.29. The maximum Gasteiger partial charge on any atom is 0.308 e. The fourth-order valence-corrected chi connectivity index (χ4v) is 1.66. The van der Waals surface area contributed by atoms with Gasteiger partial charge in [0.15, 0.2) is 0 Å². The lowest BCUT2D eigenvalue weighted by atomic mass is 9.94. The van der Waals surface area contributed by atoms with E-state index in [1.165, 1.54) is 0 Å². The van der Waals surface area contributed by atoms with Crippen LogP contribution in [0.1, 0.15) is 33.6 Å². The van der Waals surface area contributed by atoms with Crippen LogP contribution in [-0.4, -0.2) is 18.1 Å². The number of rotatable bonds is 6. The van der Waals surface area contributed by atoms with E-state index in [0.717, 1.165) is 12.1 Å². The number of hydrogen-bond acceptors (Lipinski definition) is 3. The highest BCUT2D eigenvalue weighted by Gasteiger charge is 2.26. The third-order valence-electron chi connectivity index (χ3n) is 2.84. The molecule has 0 heterocycles. The van der Waals surface area contributed by atoms with Crippen LogP contribution in [0.4, 0.5) is 5.69 Å². The molecular formula is C14H21NO2. The molecule has 1 aromatic rings. The monoisotopic (exact) mass is 235 g/mol. The van der Waals surface area contributed by atoms with Crippen LogP contribution in [0.5, 0.6) is 0 Å². The Labute approximate surface area is 103 Å². The average Bonchev–Trinajstić information content (AvgIpc) is 2.30. The van der Waals surface area contributed by atoms with Gasteiger partial charge in [0, 0.05) is 11.2 Å². The van der Waals surface area contributed by atoms with Gasteiger partial charge in [0.25, 0.3) is 0 Å². The second kappa shape index (κ2) is 6.28. The topological polar surface area (TPSA) is 38.3 Å². The Morgan fingerprint density at radius 3 is 2.47 bits per heavy atom. The van der Waals surface area contributed by atoms with Gasteiger partial charge in [-0.1, -0.05) is 25.1 Å². The second-order valence-corrected chi connectivity index (χ2v) is 4.39. The number of hydrogen-bond donors (Lipinski definition) is 1. The Morgan fingerprint density at radius 2 is 1.94 bits per heavy atom.